The van der Waals surface area contributed by atoms with E-state index >= 15 is 0 Å². The van der Waals surface area contributed by atoms with Gasteiger partial charge in [0.05, 0.1) is 22.4 Å². The fraction of sp³-hybridized carbons (Fsp3) is 0.278. The highest BCUT2D eigenvalue weighted by Gasteiger charge is 2.13. The van der Waals surface area contributed by atoms with Gasteiger partial charge in [0.2, 0.25) is 5.89 Å². The number of carbonyl (C=O) groups is 1. The molecule has 3 aromatic rings. The van der Waals surface area contributed by atoms with E-state index in [1.165, 1.54) is 11.3 Å². The predicted octanol–water partition coefficient (Wildman–Crippen LogP) is 4.85. The number of hydrogen-bond acceptors (Lipinski definition) is 6. The summed E-state index contributed by atoms with van der Waals surface area (Å²) in [5.74, 6) is 2.11. The van der Waals surface area contributed by atoms with E-state index < -0.39 is 0 Å². The van der Waals surface area contributed by atoms with Crippen LogP contribution < -0.4 is 5.32 Å². The second-order valence-corrected chi connectivity index (χ2v) is 7.85. The van der Waals surface area contributed by atoms with Crippen LogP contribution in [0.1, 0.15) is 40.1 Å². The van der Waals surface area contributed by atoms with Gasteiger partial charge in [0.25, 0.3) is 5.91 Å². The van der Waals surface area contributed by atoms with Gasteiger partial charge in [-0.15, -0.1) is 11.8 Å². The van der Waals surface area contributed by atoms with Gasteiger partial charge in [-0.05, 0) is 31.0 Å². The summed E-state index contributed by atoms with van der Waals surface area (Å²) in [5.41, 5.74) is 2.76. The van der Waals surface area contributed by atoms with Crippen molar-refractivity contribution in [2.75, 3.05) is 5.32 Å². The molecule has 2 heterocycles. The Morgan fingerprint density at radius 1 is 1.28 bits per heavy atom. The van der Waals surface area contributed by atoms with Crippen molar-refractivity contribution in [3.63, 3.8) is 0 Å². The molecule has 0 bridgehead atoms. The first kappa shape index (κ1) is 17.7. The number of aromatic nitrogens is 2. The van der Waals surface area contributed by atoms with Crippen molar-refractivity contribution >= 4 is 34.1 Å². The van der Waals surface area contributed by atoms with Crippen LogP contribution in [0.25, 0.3) is 0 Å². The Bertz CT molecular complexity index is 886. The van der Waals surface area contributed by atoms with Crippen molar-refractivity contribution in [2.24, 2.45) is 0 Å². The van der Waals surface area contributed by atoms with Gasteiger partial charge in [0.1, 0.15) is 5.76 Å². The van der Waals surface area contributed by atoms with Gasteiger partial charge in [-0.3, -0.25) is 10.1 Å². The molecule has 0 fully saturated rings. The highest BCUT2D eigenvalue weighted by Crippen LogP contribution is 2.31. The van der Waals surface area contributed by atoms with Crippen LogP contribution in [0.3, 0.4) is 0 Å². The van der Waals surface area contributed by atoms with Crippen LogP contribution in [0.15, 0.2) is 39.2 Å². The van der Waals surface area contributed by atoms with Crippen molar-refractivity contribution in [1.29, 1.82) is 0 Å². The van der Waals surface area contributed by atoms with Gasteiger partial charge >= 0.3 is 0 Å². The third kappa shape index (κ3) is 4.29. The average Bonchev–Trinajstić information content (AvgIpc) is 3.24. The number of benzene rings is 1. The van der Waals surface area contributed by atoms with E-state index in [9.17, 15) is 4.79 Å². The molecule has 1 amide bonds. The van der Waals surface area contributed by atoms with Crippen LogP contribution in [0.4, 0.5) is 5.13 Å². The van der Waals surface area contributed by atoms with Crippen LogP contribution in [0.5, 0.6) is 0 Å². The monoisotopic (exact) mass is 373 g/mol. The number of oxazole rings is 1. The van der Waals surface area contributed by atoms with Crippen LogP contribution in [0, 0.1) is 13.8 Å². The summed E-state index contributed by atoms with van der Waals surface area (Å²) in [6.45, 7) is 5.98. The molecule has 2 aromatic heterocycles. The van der Waals surface area contributed by atoms with E-state index in [-0.39, 0.29) is 5.91 Å². The van der Waals surface area contributed by atoms with Crippen molar-refractivity contribution in [3.05, 3.63) is 58.9 Å². The number of nitrogens with zero attached hydrogens (tertiary/aromatic N) is 2. The Kier molecular flexibility index (Phi) is 5.55. The molecule has 0 unspecified atom stereocenters. The maximum Gasteiger partial charge on any atom is 0.257 e. The zero-order valence-electron chi connectivity index (χ0n) is 14.3. The molecule has 25 heavy (non-hydrogen) atoms. The van der Waals surface area contributed by atoms with Gasteiger partial charge in [-0.25, -0.2) is 9.97 Å². The molecule has 0 spiro atoms. The zero-order valence-corrected chi connectivity index (χ0v) is 16.0. The Morgan fingerprint density at radius 3 is 2.88 bits per heavy atom. The zero-order chi connectivity index (χ0) is 17.8. The van der Waals surface area contributed by atoms with Crippen molar-refractivity contribution in [3.8, 4) is 0 Å². The Labute approximate surface area is 154 Å². The number of thiazole rings is 1. The van der Waals surface area contributed by atoms with Gasteiger partial charge in [0.15, 0.2) is 5.13 Å². The first-order valence-electron chi connectivity index (χ1n) is 7.96. The lowest BCUT2D eigenvalue weighted by molar-refractivity contribution is 0.102. The summed E-state index contributed by atoms with van der Waals surface area (Å²) in [5, 5.41) is 3.47. The topological polar surface area (TPSA) is 68.0 Å². The van der Waals surface area contributed by atoms with Crippen molar-refractivity contribution in [1.82, 2.24) is 9.97 Å². The lowest BCUT2D eigenvalue weighted by Gasteiger charge is -2.07. The summed E-state index contributed by atoms with van der Waals surface area (Å²) >= 11 is 3.04. The summed E-state index contributed by atoms with van der Waals surface area (Å²) in [6, 6.07) is 5.72. The number of thioether (sulfide) groups is 1. The molecule has 5 nitrogen and oxygen atoms in total. The largest absolute Gasteiger partial charge is 0.445 e. The number of hydrogen-bond donors (Lipinski definition) is 1. The van der Waals surface area contributed by atoms with E-state index in [0.717, 1.165) is 27.5 Å². The molecule has 1 aromatic carbocycles. The normalized spacial score (nSPS) is 10.8. The number of anilines is 1. The number of rotatable bonds is 6. The van der Waals surface area contributed by atoms with E-state index in [1.54, 1.807) is 24.2 Å². The first-order chi connectivity index (χ1) is 12.1. The number of amides is 1. The third-order valence-electron chi connectivity index (χ3n) is 3.84. The summed E-state index contributed by atoms with van der Waals surface area (Å²) in [7, 11) is 0. The molecular formula is C18H19N3O2S2. The lowest BCUT2D eigenvalue weighted by Crippen LogP contribution is -2.13. The molecule has 0 saturated heterocycles. The van der Waals surface area contributed by atoms with E-state index in [0.29, 0.717) is 22.3 Å². The Balaban J connectivity index is 1.61. The van der Waals surface area contributed by atoms with Crippen LogP contribution >= 0.6 is 23.1 Å². The molecule has 3 rings (SSSR count). The number of nitrogens with one attached hydrogen (secondary N) is 1. The molecule has 0 saturated carbocycles. The molecular weight excluding hydrogens is 354 g/mol. The SMILES string of the molecule is CCc1cnc(CSc2cnc(NC(=O)c3cccc(C)c3C)s2)o1. The fourth-order valence-electron chi connectivity index (χ4n) is 2.26. The molecule has 1 N–H and O–H groups in total. The molecule has 0 atom stereocenters. The minimum atomic E-state index is -0.132. The smallest absolute Gasteiger partial charge is 0.257 e. The molecule has 0 aliphatic heterocycles. The maximum absolute atomic E-state index is 12.4. The maximum atomic E-state index is 12.4. The van der Waals surface area contributed by atoms with Gasteiger partial charge in [-0.2, -0.15) is 0 Å². The van der Waals surface area contributed by atoms with Crippen molar-refractivity contribution < 1.29 is 9.21 Å². The van der Waals surface area contributed by atoms with Gasteiger partial charge < -0.3 is 4.42 Å². The standard InChI is InChI=1S/C18H19N3O2S2/c1-4-13-8-19-15(23-13)10-24-16-9-20-18(25-16)21-17(22)14-7-5-6-11(2)12(14)3/h5-9H,4,10H2,1-3H3,(H,20,21,22). The summed E-state index contributed by atoms with van der Waals surface area (Å²) in [6.07, 6.45) is 4.36. The van der Waals surface area contributed by atoms with E-state index in [4.69, 9.17) is 4.42 Å². The molecule has 130 valence electrons. The minimum absolute atomic E-state index is 0.132. The average molecular weight is 374 g/mol. The summed E-state index contributed by atoms with van der Waals surface area (Å²) in [4.78, 5) is 21.0. The molecule has 0 aliphatic carbocycles. The second kappa shape index (κ2) is 7.84. The second-order valence-electron chi connectivity index (χ2n) is 5.55. The highest BCUT2D eigenvalue weighted by molar-refractivity contribution is 8.00. The highest BCUT2D eigenvalue weighted by atomic mass is 32.2. The first-order valence-corrected chi connectivity index (χ1v) is 9.76. The third-order valence-corrected chi connectivity index (χ3v) is 5.93. The van der Waals surface area contributed by atoms with Gasteiger partial charge in [-0.1, -0.05) is 30.4 Å². The minimum Gasteiger partial charge on any atom is -0.445 e. The van der Waals surface area contributed by atoms with Gasteiger partial charge in [0, 0.05) is 12.0 Å². The number of aryl methyl sites for hydroxylation is 2. The molecule has 0 aliphatic rings. The fourth-order valence-corrected chi connectivity index (χ4v) is 3.98. The van der Waals surface area contributed by atoms with E-state index in [1.807, 2.05) is 39.0 Å². The van der Waals surface area contributed by atoms with E-state index in [2.05, 4.69) is 15.3 Å². The Hall–Kier alpha value is -2.12. The van der Waals surface area contributed by atoms with Crippen LogP contribution in [0.2, 0.25) is 0 Å². The molecule has 7 heteroatoms. The number of carbonyl (C=O) groups excluding carboxylic acids is 1. The predicted molar refractivity (Wildman–Crippen MR) is 101 cm³/mol. The van der Waals surface area contributed by atoms with Crippen molar-refractivity contribution in [2.45, 2.75) is 37.2 Å². The molecule has 0 radical (unpaired) electrons. The quantitative estimate of drug-likeness (QED) is 0.625. The van der Waals surface area contributed by atoms with Crippen LogP contribution in [-0.2, 0) is 12.2 Å². The Morgan fingerprint density at radius 2 is 2.12 bits per heavy atom. The lowest BCUT2D eigenvalue weighted by atomic mass is 10.0. The van der Waals surface area contributed by atoms with Crippen LogP contribution in [-0.4, -0.2) is 15.9 Å². The summed E-state index contributed by atoms with van der Waals surface area (Å²) < 4.78 is 6.60.